The molecule has 1 N–H and O–H groups in total. The molecule has 0 bridgehead atoms. The summed E-state index contributed by atoms with van der Waals surface area (Å²) in [5.74, 6) is -4.84. The molecule has 31 heavy (non-hydrogen) atoms. The van der Waals surface area contributed by atoms with E-state index in [9.17, 15) is 32.7 Å². The fourth-order valence-electron chi connectivity index (χ4n) is 4.83. The average Bonchev–Trinajstić information content (AvgIpc) is 3.50. The van der Waals surface area contributed by atoms with E-state index in [1.807, 2.05) is 6.07 Å². The van der Waals surface area contributed by atoms with Gasteiger partial charge in [0, 0.05) is 25.3 Å². The molecule has 4 unspecified atom stereocenters. The molecule has 1 aromatic carbocycles. The van der Waals surface area contributed by atoms with E-state index in [4.69, 9.17) is 4.74 Å². The van der Waals surface area contributed by atoms with Gasteiger partial charge >= 0.3 is 12.1 Å². The summed E-state index contributed by atoms with van der Waals surface area (Å²) in [6, 6.07) is 3.35. The van der Waals surface area contributed by atoms with E-state index in [2.05, 4.69) is 4.99 Å². The number of carbonyl (C=O) groups is 1. The third-order valence-corrected chi connectivity index (χ3v) is 6.40. The summed E-state index contributed by atoms with van der Waals surface area (Å²) in [4.78, 5) is 17.3. The molecule has 1 aromatic rings. The summed E-state index contributed by atoms with van der Waals surface area (Å²) in [7, 11) is 1.44. The van der Waals surface area contributed by atoms with Gasteiger partial charge in [0.2, 0.25) is 0 Å². The number of nitriles is 1. The van der Waals surface area contributed by atoms with Crippen LogP contribution in [0.4, 0.5) is 17.6 Å². The number of carboxylic acids is 1. The molecule has 0 radical (unpaired) electrons. The number of nitrogens with zero attached hydrogens (tertiary/aromatic N) is 2. The fraction of sp³-hybridized carbons (Fsp3) is 0.591. The smallest absolute Gasteiger partial charge is 0.416 e. The van der Waals surface area contributed by atoms with Gasteiger partial charge in [-0.2, -0.15) is 18.4 Å². The van der Waals surface area contributed by atoms with Gasteiger partial charge in [-0.05, 0) is 43.4 Å². The van der Waals surface area contributed by atoms with Crippen LogP contribution in [0.3, 0.4) is 0 Å². The van der Waals surface area contributed by atoms with Crippen molar-refractivity contribution in [2.75, 3.05) is 13.7 Å². The zero-order chi connectivity index (χ0) is 23.0. The van der Waals surface area contributed by atoms with Gasteiger partial charge in [-0.3, -0.25) is 9.79 Å². The molecule has 5 nitrogen and oxygen atoms in total. The van der Waals surface area contributed by atoms with Crippen LogP contribution >= 0.6 is 0 Å². The van der Waals surface area contributed by atoms with Crippen molar-refractivity contribution in [1.82, 2.24) is 0 Å². The third-order valence-electron chi connectivity index (χ3n) is 6.40. The molecule has 1 fully saturated rings. The van der Waals surface area contributed by atoms with Crippen molar-refractivity contribution in [1.29, 1.82) is 5.26 Å². The van der Waals surface area contributed by atoms with E-state index >= 15 is 0 Å². The van der Waals surface area contributed by atoms with Gasteiger partial charge in [-0.15, -0.1) is 0 Å². The van der Waals surface area contributed by atoms with Gasteiger partial charge in [0.15, 0.2) is 0 Å². The lowest BCUT2D eigenvalue weighted by Gasteiger charge is -2.47. The highest BCUT2D eigenvalue weighted by Gasteiger charge is 2.60. The van der Waals surface area contributed by atoms with E-state index in [1.165, 1.54) is 14.0 Å². The summed E-state index contributed by atoms with van der Waals surface area (Å²) in [6.07, 6.45) is -3.08. The van der Waals surface area contributed by atoms with Gasteiger partial charge in [-0.25, -0.2) is 4.39 Å². The maximum absolute atomic E-state index is 13.9. The highest BCUT2D eigenvalue weighted by atomic mass is 19.4. The average molecular weight is 440 g/mol. The van der Waals surface area contributed by atoms with Crippen molar-refractivity contribution in [3.05, 3.63) is 35.1 Å². The Morgan fingerprint density at radius 3 is 2.58 bits per heavy atom. The number of hydrogen-bond acceptors (Lipinski definition) is 4. The van der Waals surface area contributed by atoms with Crippen LogP contribution in [0.15, 0.2) is 23.2 Å². The van der Waals surface area contributed by atoms with Crippen molar-refractivity contribution in [3.63, 3.8) is 0 Å². The molecular formula is C22H24F4N2O3. The molecule has 0 saturated heterocycles. The first kappa shape index (κ1) is 23.2. The van der Waals surface area contributed by atoms with Gasteiger partial charge in [-0.1, -0.05) is 18.9 Å². The maximum Gasteiger partial charge on any atom is 0.416 e. The Kier molecular flexibility index (Phi) is 6.42. The van der Waals surface area contributed by atoms with E-state index < -0.39 is 46.8 Å². The Balaban J connectivity index is 2.31. The highest BCUT2D eigenvalue weighted by molar-refractivity contribution is 5.92. The number of ether oxygens (including phenoxy) is 1. The molecule has 2 aliphatic rings. The van der Waals surface area contributed by atoms with Crippen molar-refractivity contribution in [3.8, 4) is 6.07 Å². The summed E-state index contributed by atoms with van der Waals surface area (Å²) in [5, 5.41) is 20.3. The topological polar surface area (TPSA) is 82.7 Å². The number of benzene rings is 1. The summed E-state index contributed by atoms with van der Waals surface area (Å²) < 4.78 is 60.6. The molecule has 3 rings (SSSR count). The number of aliphatic imine (C=N–C) groups is 1. The van der Waals surface area contributed by atoms with Crippen LogP contribution in [-0.2, 0) is 15.7 Å². The van der Waals surface area contributed by atoms with Crippen LogP contribution in [0.1, 0.15) is 49.7 Å². The second-order valence-corrected chi connectivity index (χ2v) is 8.37. The predicted octanol–water partition coefficient (Wildman–Crippen LogP) is 4.82. The largest absolute Gasteiger partial charge is 0.481 e. The summed E-state index contributed by atoms with van der Waals surface area (Å²) in [6.45, 7) is 1.70. The lowest BCUT2D eigenvalue weighted by molar-refractivity contribution is -0.155. The lowest BCUT2D eigenvalue weighted by atomic mass is 9.56. The van der Waals surface area contributed by atoms with E-state index in [1.54, 1.807) is 0 Å². The first-order chi connectivity index (χ1) is 14.6. The molecular weight excluding hydrogens is 416 g/mol. The number of methoxy groups -OCH3 is 1. The molecule has 1 aliphatic carbocycles. The van der Waals surface area contributed by atoms with Gasteiger partial charge < -0.3 is 9.84 Å². The fourth-order valence-corrected chi connectivity index (χ4v) is 4.83. The van der Waals surface area contributed by atoms with Crippen LogP contribution in [0.2, 0.25) is 0 Å². The van der Waals surface area contributed by atoms with E-state index in [-0.39, 0.29) is 36.6 Å². The van der Waals surface area contributed by atoms with Crippen LogP contribution in [0.5, 0.6) is 0 Å². The first-order valence-corrected chi connectivity index (χ1v) is 10.1. The minimum atomic E-state index is -4.91. The Morgan fingerprint density at radius 2 is 2.06 bits per heavy atom. The minimum absolute atomic E-state index is 0.0337. The molecule has 0 spiro atoms. The normalized spacial score (nSPS) is 28.7. The van der Waals surface area contributed by atoms with Crippen LogP contribution in [0.25, 0.3) is 0 Å². The second-order valence-electron chi connectivity index (χ2n) is 8.37. The quantitative estimate of drug-likeness (QED) is 0.617. The predicted molar refractivity (Wildman–Crippen MR) is 104 cm³/mol. The minimum Gasteiger partial charge on any atom is -0.481 e. The Labute approximate surface area is 177 Å². The number of alkyl halides is 3. The summed E-state index contributed by atoms with van der Waals surface area (Å²) in [5.41, 5.74) is -3.09. The Hall–Kier alpha value is -2.47. The molecule has 0 amide bonds. The molecule has 1 heterocycles. The van der Waals surface area contributed by atoms with Gasteiger partial charge in [0.1, 0.15) is 5.82 Å². The monoisotopic (exact) mass is 440 g/mol. The SMILES string of the molecule is COCCC1N=C(C)C(C#N)C(c2ccc(F)cc2C(F)(F)F)C1(CC1CC1)C(=O)O. The van der Waals surface area contributed by atoms with E-state index in [0.29, 0.717) is 6.07 Å². The number of aliphatic carboxylic acids is 1. The van der Waals surface area contributed by atoms with E-state index in [0.717, 1.165) is 25.0 Å². The zero-order valence-corrected chi connectivity index (χ0v) is 17.2. The third kappa shape index (κ3) is 4.31. The van der Waals surface area contributed by atoms with Crippen molar-refractivity contribution >= 4 is 11.7 Å². The van der Waals surface area contributed by atoms with Crippen molar-refractivity contribution < 1.29 is 32.2 Å². The van der Waals surface area contributed by atoms with Gasteiger partial charge in [0.05, 0.1) is 29.0 Å². The number of carboxylic acid groups (broad SMARTS) is 1. The highest BCUT2D eigenvalue weighted by Crippen LogP contribution is 2.57. The zero-order valence-electron chi connectivity index (χ0n) is 17.2. The second kappa shape index (κ2) is 8.58. The standard InChI is InChI=1S/C22H24F4N2O3/c1-12-16(11-27)19(15-6-5-14(23)9-17(15)22(24,25)26)21(20(29)30,10-13-3-4-13)18(28-12)7-8-31-2/h5-6,9,13,16,18-19H,3-4,7-8,10H2,1-2H3,(H,29,30). The number of hydrogen-bond donors (Lipinski definition) is 1. The van der Waals surface area contributed by atoms with Crippen LogP contribution < -0.4 is 0 Å². The van der Waals surface area contributed by atoms with Crippen LogP contribution in [0, 0.1) is 34.4 Å². The number of rotatable bonds is 7. The van der Waals surface area contributed by atoms with Crippen molar-refractivity contribution in [2.24, 2.45) is 22.2 Å². The van der Waals surface area contributed by atoms with Gasteiger partial charge in [0.25, 0.3) is 0 Å². The lowest BCUT2D eigenvalue weighted by Crippen LogP contribution is -2.54. The molecule has 4 atom stereocenters. The van der Waals surface area contributed by atoms with Crippen molar-refractivity contribution in [2.45, 2.75) is 50.7 Å². The molecule has 168 valence electrons. The first-order valence-electron chi connectivity index (χ1n) is 10.1. The summed E-state index contributed by atoms with van der Waals surface area (Å²) >= 11 is 0. The Morgan fingerprint density at radius 1 is 1.39 bits per heavy atom. The maximum atomic E-state index is 13.9. The molecule has 1 aliphatic heterocycles. The Bertz CT molecular complexity index is 920. The molecule has 0 aromatic heterocycles. The number of halogens is 4. The van der Waals surface area contributed by atoms with Crippen LogP contribution in [-0.4, -0.2) is 36.5 Å². The molecule has 9 heteroatoms. The molecule has 1 saturated carbocycles.